The van der Waals surface area contributed by atoms with Crippen LogP contribution < -0.4 is 5.32 Å². The lowest BCUT2D eigenvalue weighted by Gasteiger charge is -2.39. The number of nitrogens with one attached hydrogen (secondary N) is 1. The topological polar surface area (TPSA) is 37.8 Å². The predicted octanol–water partition coefficient (Wildman–Crippen LogP) is 3.29. The number of aryl methyl sites for hydroxylation is 1. The Labute approximate surface area is 101 Å². The standard InChI is InChI=1S/C14H17N3/c1-10-11-6-3-4-7-12(11)13(17-16-10)15-14(2)8-5-9-14/h3-4,6-7H,5,8-9H2,1-2H3,(H,15,17). The Kier molecular flexibility index (Phi) is 2.28. The van der Waals surface area contributed by atoms with Crippen LogP contribution in [-0.2, 0) is 0 Å². The van der Waals surface area contributed by atoms with E-state index in [0.29, 0.717) is 0 Å². The van der Waals surface area contributed by atoms with Crippen LogP contribution in [0.15, 0.2) is 24.3 Å². The van der Waals surface area contributed by atoms with Gasteiger partial charge in [-0.05, 0) is 33.1 Å². The fraction of sp³-hybridized carbons (Fsp3) is 0.429. The third kappa shape index (κ3) is 1.75. The summed E-state index contributed by atoms with van der Waals surface area (Å²) in [5.74, 6) is 0.924. The summed E-state index contributed by atoms with van der Waals surface area (Å²) in [5, 5.41) is 14.5. The van der Waals surface area contributed by atoms with Crippen molar-refractivity contribution in [1.82, 2.24) is 10.2 Å². The van der Waals surface area contributed by atoms with Crippen LogP contribution in [0.3, 0.4) is 0 Å². The molecule has 17 heavy (non-hydrogen) atoms. The molecule has 0 amide bonds. The normalized spacial score (nSPS) is 17.8. The minimum Gasteiger partial charge on any atom is -0.363 e. The largest absolute Gasteiger partial charge is 0.363 e. The van der Waals surface area contributed by atoms with Crippen LogP contribution in [0.5, 0.6) is 0 Å². The Morgan fingerprint density at radius 3 is 2.47 bits per heavy atom. The van der Waals surface area contributed by atoms with Crippen LogP contribution in [-0.4, -0.2) is 15.7 Å². The van der Waals surface area contributed by atoms with Gasteiger partial charge in [0.2, 0.25) is 0 Å². The maximum atomic E-state index is 4.31. The average Bonchev–Trinajstić information content (AvgIpc) is 2.31. The highest BCUT2D eigenvalue weighted by molar-refractivity contribution is 5.93. The van der Waals surface area contributed by atoms with Gasteiger partial charge >= 0.3 is 0 Å². The Balaban J connectivity index is 2.07. The third-order valence-electron chi connectivity index (χ3n) is 3.75. The molecule has 0 spiro atoms. The Morgan fingerprint density at radius 1 is 1.12 bits per heavy atom. The second-order valence-corrected chi connectivity index (χ2v) is 5.22. The van der Waals surface area contributed by atoms with Crippen molar-refractivity contribution in [3.8, 4) is 0 Å². The minimum absolute atomic E-state index is 0.215. The summed E-state index contributed by atoms with van der Waals surface area (Å²) < 4.78 is 0. The van der Waals surface area contributed by atoms with Gasteiger partial charge in [-0.2, -0.15) is 5.10 Å². The van der Waals surface area contributed by atoms with Gasteiger partial charge in [0.15, 0.2) is 5.82 Å². The molecule has 1 heterocycles. The van der Waals surface area contributed by atoms with Crippen molar-refractivity contribution in [1.29, 1.82) is 0 Å². The molecule has 0 radical (unpaired) electrons. The fourth-order valence-corrected chi connectivity index (χ4v) is 2.45. The quantitative estimate of drug-likeness (QED) is 0.855. The number of fused-ring (bicyclic) bond motifs is 1. The van der Waals surface area contributed by atoms with Gasteiger partial charge in [0.05, 0.1) is 5.69 Å². The number of hydrogen-bond acceptors (Lipinski definition) is 3. The Hall–Kier alpha value is -1.64. The van der Waals surface area contributed by atoms with Gasteiger partial charge in [0.25, 0.3) is 0 Å². The summed E-state index contributed by atoms with van der Waals surface area (Å²) in [6.45, 7) is 4.26. The van der Waals surface area contributed by atoms with E-state index in [9.17, 15) is 0 Å². The third-order valence-corrected chi connectivity index (χ3v) is 3.75. The van der Waals surface area contributed by atoms with Crippen molar-refractivity contribution in [2.24, 2.45) is 0 Å². The van der Waals surface area contributed by atoms with Crippen LogP contribution in [0.2, 0.25) is 0 Å². The molecule has 1 aliphatic rings. The summed E-state index contributed by atoms with van der Waals surface area (Å²) in [5.41, 5.74) is 1.21. The highest BCUT2D eigenvalue weighted by Crippen LogP contribution is 2.35. The number of hydrogen-bond donors (Lipinski definition) is 1. The Bertz CT molecular complexity index is 558. The molecule has 0 bridgehead atoms. The summed E-state index contributed by atoms with van der Waals surface area (Å²) in [7, 11) is 0. The smallest absolute Gasteiger partial charge is 0.157 e. The molecule has 0 atom stereocenters. The second kappa shape index (κ2) is 3.69. The zero-order valence-corrected chi connectivity index (χ0v) is 10.3. The fourth-order valence-electron chi connectivity index (χ4n) is 2.45. The molecule has 0 unspecified atom stereocenters. The SMILES string of the molecule is Cc1nnc(NC2(C)CCC2)c2ccccc12. The number of anilines is 1. The van der Waals surface area contributed by atoms with Gasteiger partial charge in [-0.15, -0.1) is 5.10 Å². The van der Waals surface area contributed by atoms with E-state index in [2.05, 4.69) is 40.6 Å². The van der Waals surface area contributed by atoms with Crippen LogP contribution >= 0.6 is 0 Å². The molecular weight excluding hydrogens is 210 g/mol. The van der Waals surface area contributed by atoms with Gasteiger partial charge in [0.1, 0.15) is 0 Å². The zero-order valence-electron chi connectivity index (χ0n) is 10.3. The molecule has 3 rings (SSSR count). The maximum absolute atomic E-state index is 4.31. The molecule has 1 aromatic carbocycles. The van der Waals surface area contributed by atoms with Gasteiger partial charge in [0, 0.05) is 16.3 Å². The van der Waals surface area contributed by atoms with Gasteiger partial charge in [-0.25, -0.2) is 0 Å². The molecule has 88 valence electrons. The molecule has 1 saturated carbocycles. The van der Waals surface area contributed by atoms with E-state index in [1.807, 2.05) is 13.0 Å². The van der Waals surface area contributed by atoms with E-state index >= 15 is 0 Å². The molecule has 3 heteroatoms. The van der Waals surface area contributed by atoms with E-state index in [0.717, 1.165) is 11.5 Å². The van der Waals surface area contributed by atoms with E-state index in [1.165, 1.54) is 30.0 Å². The van der Waals surface area contributed by atoms with Crippen LogP contribution in [0, 0.1) is 6.92 Å². The highest BCUT2D eigenvalue weighted by Gasteiger charge is 2.32. The number of aromatic nitrogens is 2. The second-order valence-electron chi connectivity index (χ2n) is 5.22. The zero-order chi connectivity index (χ0) is 11.9. The van der Waals surface area contributed by atoms with Crippen LogP contribution in [0.25, 0.3) is 10.8 Å². The van der Waals surface area contributed by atoms with Crippen molar-refractivity contribution in [2.75, 3.05) is 5.32 Å². The number of benzene rings is 1. The van der Waals surface area contributed by atoms with Gasteiger partial charge in [-0.1, -0.05) is 24.3 Å². The first-order valence-electron chi connectivity index (χ1n) is 6.18. The van der Waals surface area contributed by atoms with Crippen molar-refractivity contribution in [2.45, 2.75) is 38.6 Å². The first kappa shape index (κ1) is 10.5. The van der Waals surface area contributed by atoms with Crippen molar-refractivity contribution in [3.63, 3.8) is 0 Å². The van der Waals surface area contributed by atoms with Gasteiger partial charge < -0.3 is 5.32 Å². The van der Waals surface area contributed by atoms with Crippen molar-refractivity contribution >= 4 is 16.6 Å². The molecule has 0 aliphatic heterocycles. The number of nitrogens with zero attached hydrogens (tertiary/aromatic N) is 2. The van der Waals surface area contributed by atoms with Crippen molar-refractivity contribution in [3.05, 3.63) is 30.0 Å². The first-order valence-corrected chi connectivity index (χ1v) is 6.18. The first-order chi connectivity index (χ1) is 8.18. The lowest BCUT2D eigenvalue weighted by Crippen LogP contribution is -2.42. The Morgan fingerprint density at radius 2 is 1.82 bits per heavy atom. The molecule has 1 fully saturated rings. The molecule has 3 nitrogen and oxygen atoms in total. The van der Waals surface area contributed by atoms with E-state index < -0.39 is 0 Å². The maximum Gasteiger partial charge on any atom is 0.157 e. The highest BCUT2D eigenvalue weighted by atomic mass is 15.2. The monoisotopic (exact) mass is 227 g/mol. The summed E-state index contributed by atoms with van der Waals surface area (Å²) in [4.78, 5) is 0. The summed E-state index contributed by atoms with van der Waals surface area (Å²) in [6, 6.07) is 8.32. The van der Waals surface area contributed by atoms with Crippen LogP contribution in [0.4, 0.5) is 5.82 Å². The molecule has 1 aliphatic carbocycles. The molecular formula is C14H17N3. The minimum atomic E-state index is 0.215. The molecule has 0 saturated heterocycles. The predicted molar refractivity (Wildman–Crippen MR) is 70.2 cm³/mol. The molecule has 1 aromatic heterocycles. The van der Waals surface area contributed by atoms with Gasteiger partial charge in [-0.3, -0.25) is 0 Å². The lowest BCUT2D eigenvalue weighted by atomic mass is 9.78. The summed E-state index contributed by atoms with van der Waals surface area (Å²) >= 11 is 0. The lowest BCUT2D eigenvalue weighted by molar-refractivity contribution is 0.306. The van der Waals surface area contributed by atoms with E-state index in [-0.39, 0.29) is 5.54 Å². The van der Waals surface area contributed by atoms with E-state index in [4.69, 9.17) is 0 Å². The molecule has 1 N–H and O–H groups in total. The molecule has 2 aromatic rings. The average molecular weight is 227 g/mol. The number of rotatable bonds is 2. The summed E-state index contributed by atoms with van der Waals surface area (Å²) in [6.07, 6.45) is 3.74. The van der Waals surface area contributed by atoms with Crippen LogP contribution in [0.1, 0.15) is 31.9 Å². The van der Waals surface area contributed by atoms with Crippen molar-refractivity contribution < 1.29 is 0 Å². The van der Waals surface area contributed by atoms with E-state index in [1.54, 1.807) is 0 Å².